The second-order valence-corrected chi connectivity index (χ2v) is 5.60. The van der Waals surface area contributed by atoms with Gasteiger partial charge in [-0.05, 0) is 50.1 Å². The van der Waals surface area contributed by atoms with Crippen molar-refractivity contribution in [1.82, 2.24) is 10.6 Å². The molecule has 22 heavy (non-hydrogen) atoms. The minimum absolute atomic E-state index is 0.0159. The van der Waals surface area contributed by atoms with Crippen LogP contribution in [0.5, 0.6) is 0 Å². The molecule has 0 fully saturated rings. The van der Waals surface area contributed by atoms with Crippen LogP contribution >= 0.6 is 0 Å². The van der Waals surface area contributed by atoms with Crippen LogP contribution in [0, 0.1) is 6.92 Å². The number of nitrogens with one attached hydrogen (secondary N) is 2. The highest BCUT2D eigenvalue weighted by molar-refractivity contribution is 5.94. The molecule has 0 spiro atoms. The number of carbonyl (C=O) groups is 1. The van der Waals surface area contributed by atoms with Gasteiger partial charge in [0.05, 0.1) is 6.54 Å². The van der Waals surface area contributed by atoms with Gasteiger partial charge in [-0.15, -0.1) is 0 Å². The molecule has 0 saturated carbocycles. The molecule has 1 heterocycles. The first kappa shape index (κ1) is 16.3. The third-order valence-electron chi connectivity index (χ3n) is 3.60. The number of carbonyl (C=O) groups excluding carboxylic acids is 1. The smallest absolute Gasteiger partial charge is 0.251 e. The molecular formula is C18H24N2O2. The predicted molar refractivity (Wildman–Crippen MR) is 87.6 cm³/mol. The van der Waals surface area contributed by atoms with Crippen LogP contribution < -0.4 is 10.6 Å². The highest BCUT2D eigenvalue weighted by Crippen LogP contribution is 2.08. The molecule has 1 aromatic carbocycles. The number of hydrogen-bond acceptors (Lipinski definition) is 3. The Morgan fingerprint density at radius 3 is 2.73 bits per heavy atom. The average molecular weight is 300 g/mol. The summed E-state index contributed by atoms with van der Waals surface area (Å²) in [6.07, 6.45) is 0.926. The Labute approximate surface area is 131 Å². The summed E-state index contributed by atoms with van der Waals surface area (Å²) in [5.41, 5.74) is 1.79. The van der Waals surface area contributed by atoms with E-state index in [1.165, 1.54) is 0 Å². The van der Waals surface area contributed by atoms with E-state index in [-0.39, 0.29) is 11.9 Å². The molecule has 1 amide bonds. The first-order chi connectivity index (χ1) is 10.6. The number of hydrogen-bond donors (Lipinski definition) is 2. The zero-order chi connectivity index (χ0) is 15.9. The van der Waals surface area contributed by atoms with Gasteiger partial charge in [-0.3, -0.25) is 4.79 Å². The summed E-state index contributed by atoms with van der Waals surface area (Å²) in [4.78, 5) is 12.1. The molecule has 1 aromatic heterocycles. The van der Waals surface area contributed by atoms with Gasteiger partial charge in [-0.25, -0.2) is 0 Å². The summed E-state index contributed by atoms with van der Waals surface area (Å²) >= 11 is 0. The topological polar surface area (TPSA) is 54.3 Å². The molecule has 0 saturated heterocycles. The number of aryl methyl sites for hydroxylation is 1. The van der Waals surface area contributed by atoms with Crippen molar-refractivity contribution >= 4 is 5.91 Å². The van der Waals surface area contributed by atoms with Gasteiger partial charge in [-0.2, -0.15) is 0 Å². The van der Waals surface area contributed by atoms with Gasteiger partial charge in [0, 0.05) is 18.2 Å². The van der Waals surface area contributed by atoms with Crippen molar-refractivity contribution in [3.63, 3.8) is 0 Å². The van der Waals surface area contributed by atoms with Crippen molar-refractivity contribution in [2.45, 2.75) is 46.3 Å². The second-order valence-electron chi connectivity index (χ2n) is 5.60. The minimum atomic E-state index is -0.0159. The fourth-order valence-electron chi connectivity index (χ4n) is 2.14. The highest BCUT2D eigenvalue weighted by Gasteiger charge is 2.08. The van der Waals surface area contributed by atoms with Crippen LogP contribution in [0.3, 0.4) is 0 Å². The zero-order valence-corrected chi connectivity index (χ0v) is 13.5. The summed E-state index contributed by atoms with van der Waals surface area (Å²) < 4.78 is 5.51. The van der Waals surface area contributed by atoms with Crippen LogP contribution in [0.2, 0.25) is 0 Å². The quantitative estimate of drug-likeness (QED) is 0.824. The van der Waals surface area contributed by atoms with Crippen LogP contribution in [-0.2, 0) is 13.1 Å². The van der Waals surface area contributed by atoms with Crippen LogP contribution in [0.4, 0.5) is 0 Å². The van der Waals surface area contributed by atoms with Gasteiger partial charge in [-0.1, -0.05) is 19.1 Å². The van der Waals surface area contributed by atoms with E-state index in [1.54, 1.807) is 0 Å². The standard InChI is InChI=1S/C18H24N2O2/c1-4-13(2)20-18(21)16-7-5-6-15(10-16)11-19-12-17-9-8-14(3)22-17/h5-10,13,19H,4,11-12H2,1-3H3,(H,20,21). The second kappa shape index (κ2) is 7.80. The van der Waals surface area contributed by atoms with Gasteiger partial charge in [0.1, 0.15) is 11.5 Å². The highest BCUT2D eigenvalue weighted by atomic mass is 16.3. The van der Waals surface area contributed by atoms with Crippen molar-refractivity contribution in [3.05, 3.63) is 59.0 Å². The summed E-state index contributed by atoms with van der Waals surface area (Å²) in [5.74, 6) is 1.82. The first-order valence-electron chi connectivity index (χ1n) is 7.74. The molecular weight excluding hydrogens is 276 g/mol. The molecule has 0 aliphatic rings. The van der Waals surface area contributed by atoms with Gasteiger partial charge >= 0.3 is 0 Å². The van der Waals surface area contributed by atoms with Gasteiger partial charge in [0.25, 0.3) is 5.91 Å². The molecule has 1 atom stereocenters. The van der Waals surface area contributed by atoms with E-state index in [0.29, 0.717) is 18.7 Å². The number of benzene rings is 1. The van der Waals surface area contributed by atoms with Crippen molar-refractivity contribution in [1.29, 1.82) is 0 Å². The molecule has 2 aromatic rings. The Balaban J connectivity index is 1.89. The molecule has 2 rings (SSSR count). The molecule has 0 radical (unpaired) electrons. The Morgan fingerprint density at radius 2 is 2.05 bits per heavy atom. The molecule has 0 aliphatic heterocycles. The van der Waals surface area contributed by atoms with Crippen molar-refractivity contribution in [2.75, 3.05) is 0 Å². The van der Waals surface area contributed by atoms with E-state index in [9.17, 15) is 4.79 Å². The van der Waals surface area contributed by atoms with E-state index < -0.39 is 0 Å². The third kappa shape index (κ3) is 4.74. The Morgan fingerprint density at radius 1 is 1.23 bits per heavy atom. The average Bonchev–Trinajstić information content (AvgIpc) is 2.93. The lowest BCUT2D eigenvalue weighted by atomic mass is 10.1. The van der Waals surface area contributed by atoms with Crippen LogP contribution in [0.15, 0.2) is 40.8 Å². The SMILES string of the molecule is CCC(C)NC(=O)c1cccc(CNCc2ccc(C)o2)c1. The van der Waals surface area contributed by atoms with Gasteiger partial charge in [0.15, 0.2) is 0 Å². The Bertz CT molecular complexity index is 619. The molecule has 0 bridgehead atoms. The largest absolute Gasteiger partial charge is 0.465 e. The van der Waals surface area contributed by atoms with Gasteiger partial charge in [0.2, 0.25) is 0 Å². The minimum Gasteiger partial charge on any atom is -0.465 e. The fraction of sp³-hybridized carbons (Fsp3) is 0.389. The monoisotopic (exact) mass is 300 g/mol. The maximum atomic E-state index is 12.1. The molecule has 4 nitrogen and oxygen atoms in total. The van der Waals surface area contributed by atoms with E-state index in [0.717, 1.165) is 23.5 Å². The van der Waals surface area contributed by atoms with Crippen LogP contribution in [0.25, 0.3) is 0 Å². The zero-order valence-electron chi connectivity index (χ0n) is 13.5. The predicted octanol–water partition coefficient (Wildman–Crippen LogP) is 3.41. The van der Waals surface area contributed by atoms with Gasteiger partial charge < -0.3 is 15.1 Å². The Kier molecular flexibility index (Phi) is 5.78. The van der Waals surface area contributed by atoms with E-state index in [1.807, 2.05) is 50.2 Å². The lowest BCUT2D eigenvalue weighted by molar-refractivity contribution is 0.0939. The normalized spacial score (nSPS) is 12.1. The van der Waals surface area contributed by atoms with Crippen LogP contribution in [0.1, 0.15) is 47.7 Å². The number of rotatable bonds is 7. The van der Waals surface area contributed by atoms with Crippen molar-refractivity contribution < 1.29 is 9.21 Å². The third-order valence-corrected chi connectivity index (χ3v) is 3.60. The molecule has 4 heteroatoms. The van der Waals surface area contributed by atoms with E-state index in [2.05, 4.69) is 17.6 Å². The van der Waals surface area contributed by atoms with E-state index >= 15 is 0 Å². The van der Waals surface area contributed by atoms with Crippen molar-refractivity contribution in [3.8, 4) is 0 Å². The number of amides is 1. The lowest BCUT2D eigenvalue weighted by Crippen LogP contribution is -2.32. The molecule has 118 valence electrons. The lowest BCUT2D eigenvalue weighted by Gasteiger charge is -2.12. The van der Waals surface area contributed by atoms with Crippen LogP contribution in [-0.4, -0.2) is 11.9 Å². The summed E-state index contributed by atoms with van der Waals surface area (Å²) in [6, 6.07) is 11.8. The maximum Gasteiger partial charge on any atom is 0.251 e. The summed E-state index contributed by atoms with van der Waals surface area (Å²) in [5, 5.41) is 6.31. The van der Waals surface area contributed by atoms with Crippen molar-refractivity contribution in [2.24, 2.45) is 0 Å². The Hall–Kier alpha value is -2.07. The van der Waals surface area contributed by atoms with E-state index in [4.69, 9.17) is 4.42 Å². The fourth-order valence-corrected chi connectivity index (χ4v) is 2.14. The molecule has 0 aliphatic carbocycles. The summed E-state index contributed by atoms with van der Waals surface area (Å²) in [6.45, 7) is 7.38. The number of furan rings is 1. The maximum absolute atomic E-state index is 12.1. The first-order valence-corrected chi connectivity index (χ1v) is 7.74. The molecule has 2 N–H and O–H groups in total. The summed E-state index contributed by atoms with van der Waals surface area (Å²) in [7, 11) is 0. The molecule has 1 unspecified atom stereocenters.